The summed E-state index contributed by atoms with van der Waals surface area (Å²) in [6.45, 7) is 0.375. The number of benzene rings is 3. The van der Waals surface area contributed by atoms with Crippen LogP contribution >= 0.6 is 11.6 Å². The summed E-state index contributed by atoms with van der Waals surface area (Å²) >= 11 is 6.17. The maximum absolute atomic E-state index is 12.4. The second-order valence-corrected chi connectivity index (χ2v) is 7.80. The highest BCUT2D eigenvalue weighted by molar-refractivity contribution is 6.31. The van der Waals surface area contributed by atoms with Crippen molar-refractivity contribution in [3.63, 3.8) is 0 Å². The standard InChI is InChI=1S/C27H23ClN4O3/c1-34-26-11-5-3-7-20(26)9-6-16-29-32-27(33)25-17-24(30-31-25)19-12-14-22(15-13-19)35-18-21-8-2-4-10-23(21)28/h2-17H,18H2,1H3,(H,30,31)(H,32,33)/b9-6+,29-16+. The first kappa shape index (κ1) is 23.8. The van der Waals surface area contributed by atoms with Gasteiger partial charge in [0.1, 0.15) is 23.8 Å². The normalized spacial score (nSPS) is 11.1. The summed E-state index contributed by atoms with van der Waals surface area (Å²) < 4.78 is 11.1. The first-order chi connectivity index (χ1) is 17.1. The third-order valence-corrected chi connectivity index (χ3v) is 5.43. The van der Waals surface area contributed by atoms with Crippen LogP contribution in [0.1, 0.15) is 21.6 Å². The zero-order chi connectivity index (χ0) is 24.5. The Kier molecular flexibility index (Phi) is 7.93. The molecule has 0 unspecified atom stereocenters. The van der Waals surface area contributed by atoms with Gasteiger partial charge in [0.15, 0.2) is 0 Å². The number of amides is 1. The lowest BCUT2D eigenvalue weighted by Crippen LogP contribution is -2.17. The van der Waals surface area contributed by atoms with Crippen molar-refractivity contribution < 1.29 is 14.3 Å². The molecule has 3 aromatic carbocycles. The molecule has 0 saturated carbocycles. The summed E-state index contributed by atoms with van der Waals surface area (Å²) in [5, 5.41) is 11.6. The van der Waals surface area contributed by atoms with E-state index >= 15 is 0 Å². The molecule has 1 amide bonds. The zero-order valence-corrected chi connectivity index (χ0v) is 19.7. The molecule has 0 aliphatic carbocycles. The van der Waals surface area contributed by atoms with Crippen LogP contribution in [0, 0.1) is 0 Å². The van der Waals surface area contributed by atoms with E-state index in [4.69, 9.17) is 21.1 Å². The van der Waals surface area contributed by atoms with E-state index in [0.29, 0.717) is 28.8 Å². The average molecular weight is 487 g/mol. The van der Waals surface area contributed by atoms with Gasteiger partial charge in [-0.05, 0) is 54.6 Å². The molecule has 8 heteroatoms. The van der Waals surface area contributed by atoms with Gasteiger partial charge in [0.05, 0.1) is 12.8 Å². The first-order valence-electron chi connectivity index (χ1n) is 10.8. The summed E-state index contributed by atoms with van der Waals surface area (Å²) in [7, 11) is 1.62. The van der Waals surface area contributed by atoms with Crippen LogP contribution < -0.4 is 14.9 Å². The maximum Gasteiger partial charge on any atom is 0.289 e. The third-order valence-electron chi connectivity index (χ3n) is 5.07. The van der Waals surface area contributed by atoms with Crippen LogP contribution in [0.15, 0.2) is 90.0 Å². The second kappa shape index (κ2) is 11.7. The number of nitrogens with one attached hydrogen (secondary N) is 2. The molecule has 0 aliphatic rings. The summed E-state index contributed by atoms with van der Waals surface area (Å²) in [5.74, 6) is 1.06. The molecule has 35 heavy (non-hydrogen) atoms. The van der Waals surface area contributed by atoms with Crippen molar-refractivity contribution in [2.75, 3.05) is 7.11 Å². The number of carbonyl (C=O) groups excluding carboxylic acids is 1. The van der Waals surface area contributed by atoms with E-state index < -0.39 is 5.91 Å². The van der Waals surface area contributed by atoms with Gasteiger partial charge >= 0.3 is 0 Å². The number of hydrogen-bond acceptors (Lipinski definition) is 5. The van der Waals surface area contributed by atoms with Crippen LogP contribution in [0.2, 0.25) is 5.02 Å². The van der Waals surface area contributed by atoms with E-state index in [9.17, 15) is 4.79 Å². The number of hydrazone groups is 1. The minimum absolute atomic E-state index is 0.296. The SMILES string of the molecule is COc1ccccc1/C=C/C=N/NC(=O)c1cc(-c2ccc(OCc3ccccc3Cl)cc2)n[nH]1. The molecule has 1 heterocycles. The second-order valence-electron chi connectivity index (χ2n) is 7.39. The Balaban J connectivity index is 1.31. The average Bonchev–Trinajstić information content (AvgIpc) is 3.39. The third kappa shape index (κ3) is 6.37. The van der Waals surface area contributed by atoms with Crippen LogP contribution in [0.25, 0.3) is 17.3 Å². The van der Waals surface area contributed by atoms with Crippen molar-refractivity contribution in [2.24, 2.45) is 5.10 Å². The molecule has 2 N–H and O–H groups in total. The van der Waals surface area contributed by atoms with E-state index in [1.165, 1.54) is 6.21 Å². The van der Waals surface area contributed by atoms with Crippen molar-refractivity contribution in [2.45, 2.75) is 6.61 Å². The molecule has 0 bridgehead atoms. The smallest absolute Gasteiger partial charge is 0.289 e. The minimum atomic E-state index is -0.398. The fourth-order valence-electron chi connectivity index (χ4n) is 3.23. The molecule has 4 rings (SSSR count). The lowest BCUT2D eigenvalue weighted by atomic mass is 10.1. The van der Waals surface area contributed by atoms with Crippen LogP contribution in [-0.2, 0) is 6.61 Å². The van der Waals surface area contributed by atoms with E-state index in [1.54, 1.807) is 19.3 Å². The highest BCUT2D eigenvalue weighted by Gasteiger charge is 2.10. The molecule has 0 spiro atoms. The molecule has 4 aromatic rings. The summed E-state index contributed by atoms with van der Waals surface area (Å²) in [4.78, 5) is 12.4. The maximum atomic E-state index is 12.4. The van der Waals surface area contributed by atoms with Crippen LogP contribution in [0.4, 0.5) is 0 Å². The number of halogens is 1. The van der Waals surface area contributed by atoms with E-state index in [1.807, 2.05) is 78.9 Å². The van der Waals surface area contributed by atoms with Gasteiger partial charge in [0, 0.05) is 27.9 Å². The van der Waals surface area contributed by atoms with Crippen molar-refractivity contribution in [1.29, 1.82) is 0 Å². The number of aromatic amines is 1. The van der Waals surface area contributed by atoms with Gasteiger partial charge in [0.2, 0.25) is 0 Å². The van der Waals surface area contributed by atoms with Gasteiger partial charge < -0.3 is 9.47 Å². The summed E-state index contributed by atoms with van der Waals surface area (Å²) in [5.41, 5.74) is 6.06. The van der Waals surface area contributed by atoms with Gasteiger partial charge in [-0.15, -0.1) is 0 Å². The molecule has 176 valence electrons. The Hall–Kier alpha value is -4.36. The number of hydrogen-bond donors (Lipinski definition) is 2. The number of aromatic nitrogens is 2. The predicted molar refractivity (Wildman–Crippen MR) is 138 cm³/mol. The number of carbonyl (C=O) groups is 1. The fourth-order valence-corrected chi connectivity index (χ4v) is 3.42. The number of nitrogens with zero attached hydrogens (tertiary/aromatic N) is 2. The predicted octanol–water partition coefficient (Wildman–Crippen LogP) is 5.75. The summed E-state index contributed by atoms with van der Waals surface area (Å²) in [6.07, 6.45) is 5.04. The van der Waals surface area contributed by atoms with Crippen LogP contribution in [-0.4, -0.2) is 29.4 Å². The van der Waals surface area contributed by atoms with E-state index in [0.717, 1.165) is 22.4 Å². The van der Waals surface area contributed by atoms with Gasteiger partial charge in [-0.25, -0.2) is 5.43 Å². The molecule has 0 fully saturated rings. The number of H-pyrrole nitrogens is 1. The molecule has 7 nitrogen and oxygen atoms in total. The fraction of sp³-hybridized carbons (Fsp3) is 0.0741. The Morgan fingerprint density at radius 3 is 2.66 bits per heavy atom. The van der Waals surface area contributed by atoms with Crippen molar-refractivity contribution in [3.05, 3.63) is 107 Å². The lowest BCUT2D eigenvalue weighted by Gasteiger charge is -2.08. The molecular formula is C27H23ClN4O3. The summed E-state index contributed by atoms with van der Waals surface area (Å²) in [6, 6.07) is 24.3. The van der Waals surface area contributed by atoms with Gasteiger partial charge in [-0.3, -0.25) is 9.89 Å². The molecule has 1 aromatic heterocycles. The number of ether oxygens (including phenoxy) is 2. The van der Waals surface area contributed by atoms with Gasteiger partial charge in [-0.2, -0.15) is 10.2 Å². The van der Waals surface area contributed by atoms with Gasteiger partial charge in [0.25, 0.3) is 5.91 Å². The Bertz CT molecular complexity index is 1350. The van der Waals surface area contributed by atoms with Crippen LogP contribution in [0.3, 0.4) is 0 Å². The number of para-hydroxylation sites is 1. The highest BCUT2D eigenvalue weighted by Crippen LogP contribution is 2.23. The lowest BCUT2D eigenvalue weighted by molar-refractivity contribution is 0.0950. The van der Waals surface area contributed by atoms with Crippen molar-refractivity contribution in [3.8, 4) is 22.8 Å². The monoisotopic (exact) mass is 486 g/mol. The molecular weight excluding hydrogens is 464 g/mol. The minimum Gasteiger partial charge on any atom is -0.496 e. The molecule has 0 saturated heterocycles. The molecule has 0 atom stereocenters. The largest absolute Gasteiger partial charge is 0.496 e. The van der Waals surface area contributed by atoms with Crippen molar-refractivity contribution >= 4 is 29.8 Å². The Morgan fingerprint density at radius 1 is 1.09 bits per heavy atom. The highest BCUT2D eigenvalue weighted by atomic mass is 35.5. The number of methoxy groups -OCH3 is 1. The van der Waals surface area contributed by atoms with Crippen LogP contribution in [0.5, 0.6) is 11.5 Å². The number of rotatable bonds is 9. The van der Waals surface area contributed by atoms with E-state index in [-0.39, 0.29) is 0 Å². The van der Waals surface area contributed by atoms with Gasteiger partial charge in [-0.1, -0.05) is 48.0 Å². The molecule has 0 aliphatic heterocycles. The van der Waals surface area contributed by atoms with E-state index in [2.05, 4.69) is 20.7 Å². The van der Waals surface area contributed by atoms with Crippen molar-refractivity contribution in [1.82, 2.24) is 15.6 Å². The zero-order valence-electron chi connectivity index (χ0n) is 18.9. The Morgan fingerprint density at radius 2 is 1.86 bits per heavy atom. The quantitative estimate of drug-likeness (QED) is 0.233. The molecule has 0 radical (unpaired) electrons. The number of allylic oxidation sites excluding steroid dienone is 1. The first-order valence-corrected chi connectivity index (χ1v) is 11.2. The topological polar surface area (TPSA) is 88.6 Å². The Labute approximate surface area is 208 Å².